The Labute approximate surface area is 153 Å². The molecule has 2 aromatic carbocycles. The van der Waals surface area contributed by atoms with Crippen molar-refractivity contribution in [3.05, 3.63) is 60.7 Å². The molecule has 2 rings (SSSR count). The van der Waals surface area contributed by atoms with E-state index >= 15 is 0 Å². The van der Waals surface area contributed by atoms with Gasteiger partial charge in [-0.2, -0.15) is 8.42 Å². The molecule has 26 heavy (non-hydrogen) atoms. The zero-order valence-electron chi connectivity index (χ0n) is 14.1. The summed E-state index contributed by atoms with van der Waals surface area (Å²) in [5.41, 5.74) is 0. The Morgan fingerprint density at radius 3 is 1.73 bits per heavy atom. The van der Waals surface area contributed by atoms with E-state index in [1.807, 2.05) is 0 Å². The summed E-state index contributed by atoms with van der Waals surface area (Å²) in [6, 6.07) is 16.5. The van der Waals surface area contributed by atoms with Crippen LogP contribution in [0, 0.1) is 0 Å². The third kappa shape index (κ3) is 7.28. The number of rotatable bonds is 9. The molecule has 0 heterocycles. The zero-order chi connectivity index (χ0) is 19.3. The molecule has 0 fully saturated rings. The van der Waals surface area contributed by atoms with Crippen molar-refractivity contribution < 1.29 is 35.0 Å². The lowest BCUT2D eigenvalue weighted by Gasteiger charge is -2.24. The molecule has 0 aliphatic carbocycles. The van der Waals surface area contributed by atoms with Gasteiger partial charge in [0.1, 0.15) is 11.5 Å². The summed E-state index contributed by atoms with van der Waals surface area (Å²) in [6.45, 7) is 2.94. The van der Waals surface area contributed by atoms with Crippen LogP contribution in [0.5, 0.6) is 11.5 Å². The average molecular weight is 418 g/mol. The highest BCUT2D eigenvalue weighted by atomic mass is 32.3. The number of para-hydroxylation sites is 2. The van der Waals surface area contributed by atoms with Crippen LogP contribution in [0.25, 0.3) is 0 Å². The Morgan fingerprint density at radius 2 is 1.35 bits per heavy atom. The number of phosphoric ester groups is 1. The van der Waals surface area contributed by atoms with Gasteiger partial charge in [-0.3, -0.25) is 12.9 Å². The van der Waals surface area contributed by atoms with Gasteiger partial charge >= 0.3 is 18.2 Å². The molecule has 0 unspecified atom stereocenters. The van der Waals surface area contributed by atoms with Gasteiger partial charge in [0.2, 0.25) is 8.32 Å². The van der Waals surface area contributed by atoms with Crippen LogP contribution in [0.3, 0.4) is 0 Å². The summed E-state index contributed by atoms with van der Waals surface area (Å²) in [6.07, 6.45) is -0.357. The van der Waals surface area contributed by atoms with Crippen LogP contribution in [0.4, 0.5) is 0 Å². The smallest absolute Gasteiger partial charge is 0.395 e. The molecule has 0 saturated heterocycles. The van der Waals surface area contributed by atoms with Gasteiger partial charge in [0, 0.05) is 0 Å². The highest BCUT2D eigenvalue weighted by molar-refractivity contribution is 7.82. The zero-order valence-corrected chi connectivity index (χ0v) is 16.9. The number of benzene rings is 2. The van der Waals surface area contributed by atoms with Crippen molar-refractivity contribution in [1.29, 1.82) is 0 Å². The van der Waals surface area contributed by atoms with E-state index in [1.165, 1.54) is 13.1 Å². The first-order valence-electron chi connectivity index (χ1n) is 7.49. The molecule has 0 spiro atoms. The second-order valence-electron chi connectivity index (χ2n) is 5.80. The number of phosphoric acid groups is 1. The van der Waals surface area contributed by atoms with Crippen molar-refractivity contribution in [1.82, 2.24) is 0 Å². The molecule has 1 N–H and O–H groups in total. The topological polar surface area (TPSA) is 108 Å². The SMILES string of the molecule is C[Si](C)(COP(=O)(Oc1ccccc1)Oc1ccccc1)OS(=O)(=O)O. The first-order valence-corrected chi connectivity index (χ1v) is 13.4. The van der Waals surface area contributed by atoms with Gasteiger partial charge in [0.15, 0.2) is 0 Å². The molecule has 0 aliphatic rings. The predicted molar refractivity (Wildman–Crippen MR) is 97.8 cm³/mol. The van der Waals surface area contributed by atoms with Gasteiger partial charge in [-0.15, -0.1) is 0 Å². The predicted octanol–water partition coefficient (Wildman–Crippen LogP) is 3.83. The fraction of sp³-hybridized carbons (Fsp3) is 0.200. The van der Waals surface area contributed by atoms with Crippen LogP contribution < -0.4 is 9.05 Å². The first kappa shape index (κ1) is 20.6. The molecule has 0 atom stereocenters. The molecule has 0 bridgehead atoms. The molecule has 8 nitrogen and oxygen atoms in total. The first-order chi connectivity index (χ1) is 12.1. The summed E-state index contributed by atoms with van der Waals surface area (Å²) < 4.78 is 64.5. The molecule has 0 amide bonds. The fourth-order valence-corrected chi connectivity index (χ4v) is 7.09. The van der Waals surface area contributed by atoms with Crippen molar-refractivity contribution in [3.8, 4) is 11.5 Å². The molecule has 0 aromatic heterocycles. The van der Waals surface area contributed by atoms with Crippen LogP contribution in [-0.4, -0.2) is 27.5 Å². The highest BCUT2D eigenvalue weighted by Gasteiger charge is 2.37. The van der Waals surface area contributed by atoms with E-state index in [0.29, 0.717) is 0 Å². The Kier molecular flexibility index (Phi) is 6.62. The van der Waals surface area contributed by atoms with Gasteiger partial charge < -0.3 is 9.05 Å². The minimum Gasteiger partial charge on any atom is -0.395 e. The van der Waals surface area contributed by atoms with Crippen LogP contribution in [0.15, 0.2) is 60.7 Å². The molecular weight excluding hydrogens is 399 g/mol. The van der Waals surface area contributed by atoms with E-state index in [0.717, 1.165) is 0 Å². The molecule has 11 heteroatoms. The Morgan fingerprint density at radius 1 is 0.923 bits per heavy atom. The summed E-state index contributed by atoms with van der Waals surface area (Å²) >= 11 is 0. The van der Waals surface area contributed by atoms with E-state index in [4.69, 9.17) is 18.1 Å². The monoisotopic (exact) mass is 418 g/mol. The molecule has 2 aromatic rings. The minimum atomic E-state index is -4.66. The number of hydrogen-bond acceptors (Lipinski definition) is 7. The van der Waals surface area contributed by atoms with E-state index in [1.54, 1.807) is 60.7 Å². The summed E-state index contributed by atoms with van der Waals surface area (Å²) in [5.74, 6) is 0.504. The third-order valence-electron chi connectivity index (χ3n) is 2.82. The molecule has 142 valence electrons. The maximum absolute atomic E-state index is 13.1. The highest BCUT2D eigenvalue weighted by Crippen LogP contribution is 2.50. The minimum absolute atomic E-state index is 0.252. The summed E-state index contributed by atoms with van der Waals surface area (Å²) in [4.78, 5) is 0. The van der Waals surface area contributed by atoms with Crippen molar-refractivity contribution in [2.45, 2.75) is 13.1 Å². The quantitative estimate of drug-likeness (QED) is 0.372. The van der Waals surface area contributed by atoms with Gasteiger partial charge in [-0.05, 0) is 37.4 Å². The van der Waals surface area contributed by atoms with E-state index in [-0.39, 0.29) is 17.7 Å². The second kappa shape index (κ2) is 8.34. The maximum Gasteiger partial charge on any atom is 0.587 e. The lowest BCUT2D eigenvalue weighted by Crippen LogP contribution is -2.39. The molecule has 0 saturated carbocycles. The molecular formula is C15H19O8PSSi. The third-order valence-corrected chi connectivity index (χ3v) is 7.87. The van der Waals surface area contributed by atoms with E-state index in [9.17, 15) is 13.0 Å². The van der Waals surface area contributed by atoms with Crippen LogP contribution in [0.2, 0.25) is 13.1 Å². The largest absolute Gasteiger partial charge is 0.587 e. The lowest BCUT2D eigenvalue weighted by molar-refractivity contribution is 0.227. The Balaban J connectivity index is 2.18. The van der Waals surface area contributed by atoms with Crippen molar-refractivity contribution >= 4 is 26.5 Å². The average Bonchev–Trinajstić information content (AvgIpc) is 2.53. The van der Waals surface area contributed by atoms with E-state index in [2.05, 4.69) is 3.87 Å². The Hall–Kier alpha value is -1.68. The fourth-order valence-electron chi connectivity index (χ4n) is 1.84. The summed E-state index contributed by atoms with van der Waals surface area (Å²) in [7, 11) is -11.9. The van der Waals surface area contributed by atoms with Gasteiger partial charge in [-0.1, -0.05) is 36.4 Å². The molecule has 0 radical (unpaired) electrons. The second-order valence-corrected chi connectivity index (χ2v) is 12.6. The standard InChI is InChI=1S/C15H19O8PSSi/c1-26(2,23-25(17,18)19)13-20-24(16,21-14-9-5-3-6-10-14)22-15-11-7-4-8-12-15/h3-12H,13H2,1-2H3,(H,17,18,19). The van der Waals surface area contributed by atoms with E-state index < -0.39 is 26.5 Å². The maximum atomic E-state index is 13.1. The van der Waals surface area contributed by atoms with Gasteiger partial charge in [0.25, 0.3) is 0 Å². The van der Waals surface area contributed by atoms with Crippen LogP contribution >= 0.6 is 7.82 Å². The van der Waals surface area contributed by atoms with Crippen molar-refractivity contribution in [3.63, 3.8) is 0 Å². The summed E-state index contributed by atoms with van der Waals surface area (Å²) in [5, 5.41) is 0. The van der Waals surface area contributed by atoms with Gasteiger partial charge in [-0.25, -0.2) is 4.57 Å². The van der Waals surface area contributed by atoms with Crippen molar-refractivity contribution in [2.75, 3.05) is 6.23 Å². The Bertz CT molecular complexity index is 812. The number of hydrogen-bond donors (Lipinski definition) is 1. The molecule has 0 aliphatic heterocycles. The van der Waals surface area contributed by atoms with Crippen LogP contribution in [0.1, 0.15) is 0 Å². The van der Waals surface area contributed by atoms with Crippen LogP contribution in [-0.2, 0) is 23.4 Å². The van der Waals surface area contributed by atoms with Gasteiger partial charge in [0.05, 0.1) is 6.23 Å². The lowest BCUT2D eigenvalue weighted by atomic mass is 10.3. The normalized spacial score (nSPS) is 12.6. The van der Waals surface area contributed by atoms with Crippen molar-refractivity contribution in [2.24, 2.45) is 0 Å².